The number of nitrogen functional groups attached to an aromatic ring is 1. The van der Waals surface area contributed by atoms with Gasteiger partial charge in [0.25, 0.3) is 0 Å². The molecule has 0 unspecified atom stereocenters. The van der Waals surface area contributed by atoms with E-state index in [0.29, 0.717) is 5.69 Å². The highest BCUT2D eigenvalue weighted by atomic mass is 15.1. The smallest absolute Gasteiger partial charge is 0.126 e. The number of nitrogens with one attached hydrogen (secondary N) is 1. The molecule has 1 rings (SSSR count). The van der Waals surface area contributed by atoms with E-state index in [9.17, 15) is 0 Å². The molecule has 0 radical (unpaired) electrons. The van der Waals surface area contributed by atoms with Gasteiger partial charge in [-0.15, -0.1) is 0 Å². The number of anilines is 2. The molecule has 0 atom stereocenters. The van der Waals surface area contributed by atoms with Gasteiger partial charge < -0.3 is 16.0 Å². The molecule has 0 aliphatic heterocycles. The molecule has 0 aromatic carbocycles. The van der Waals surface area contributed by atoms with E-state index < -0.39 is 0 Å². The molecule has 84 valence electrons. The summed E-state index contributed by atoms with van der Waals surface area (Å²) in [6.45, 7) is 8.48. The van der Waals surface area contributed by atoms with E-state index in [-0.39, 0.29) is 0 Å². The summed E-state index contributed by atoms with van der Waals surface area (Å²) in [7, 11) is 0. The standard InChI is InChI=1S/C11H20N4/c1-3-15(4-2)8-7-13-11-6-5-10(12)9-14-11/h5-6,9H,3-4,7-8,12H2,1-2H3,(H,13,14). The lowest BCUT2D eigenvalue weighted by Crippen LogP contribution is -2.28. The van der Waals surface area contributed by atoms with Crippen molar-refractivity contribution in [2.24, 2.45) is 0 Å². The fourth-order valence-corrected chi connectivity index (χ4v) is 1.39. The Hall–Kier alpha value is -1.29. The molecule has 0 aliphatic rings. The van der Waals surface area contributed by atoms with Crippen molar-refractivity contribution in [2.75, 3.05) is 37.2 Å². The van der Waals surface area contributed by atoms with Gasteiger partial charge in [0.1, 0.15) is 5.82 Å². The predicted molar refractivity (Wildman–Crippen MR) is 64.9 cm³/mol. The van der Waals surface area contributed by atoms with Gasteiger partial charge in [-0.25, -0.2) is 4.98 Å². The van der Waals surface area contributed by atoms with Gasteiger partial charge in [-0.05, 0) is 25.2 Å². The van der Waals surface area contributed by atoms with Gasteiger partial charge in [0.15, 0.2) is 0 Å². The Bertz CT molecular complexity index is 266. The number of likely N-dealkylation sites (N-methyl/N-ethyl adjacent to an activating group) is 1. The van der Waals surface area contributed by atoms with Crippen molar-refractivity contribution in [3.05, 3.63) is 18.3 Å². The molecule has 3 N–H and O–H groups in total. The van der Waals surface area contributed by atoms with Crippen molar-refractivity contribution < 1.29 is 0 Å². The molecule has 1 aromatic rings. The third-order valence-corrected chi connectivity index (χ3v) is 2.41. The van der Waals surface area contributed by atoms with Crippen LogP contribution in [-0.4, -0.2) is 36.1 Å². The van der Waals surface area contributed by atoms with E-state index in [1.165, 1.54) is 0 Å². The van der Waals surface area contributed by atoms with Crippen molar-refractivity contribution in [2.45, 2.75) is 13.8 Å². The largest absolute Gasteiger partial charge is 0.397 e. The maximum atomic E-state index is 5.55. The maximum absolute atomic E-state index is 5.55. The Labute approximate surface area is 91.5 Å². The van der Waals surface area contributed by atoms with Crippen LogP contribution in [0.5, 0.6) is 0 Å². The molecule has 0 spiro atoms. The summed E-state index contributed by atoms with van der Waals surface area (Å²) in [5.41, 5.74) is 6.25. The van der Waals surface area contributed by atoms with E-state index in [1.54, 1.807) is 6.20 Å². The van der Waals surface area contributed by atoms with Crippen LogP contribution in [0.25, 0.3) is 0 Å². The van der Waals surface area contributed by atoms with Crippen molar-refractivity contribution in [1.29, 1.82) is 0 Å². The molecule has 0 amide bonds. The monoisotopic (exact) mass is 208 g/mol. The van der Waals surface area contributed by atoms with Gasteiger partial charge >= 0.3 is 0 Å². The molecular formula is C11H20N4. The summed E-state index contributed by atoms with van der Waals surface area (Å²) in [6, 6.07) is 3.75. The second-order valence-corrected chi connectivity index (χ2v) is 3.43. The fourth-order valence-electron chi connectivity index (χ4n) is 1.39. The minimum Gasteiger partial charge on any atom is -0.397 e. The van der Waals surface area contributed by atoms with Crippen LogP contribution >= 0.6 is 0 Å². The zero-order valence-corrected chi connectivity index (χ0v) is 9.53. The number of pyridine rings is 1. The SMILES string of the molecule is CCN(CC)CCNc1ccc(N)cn1. The summed E-state index contributed by atoms with van der Waals surface area (Å²) < 4.78 is 0. The number of rotatable bonds is 6. The van der Waals surface area contributed by atoms with E-state index in [4.69, 9.17) is 5.73 Å². The van der Waals surface area contributed by atoms with E-state index in [0.717, 1.165) is 32.0 Å². The highest BCUT2D eigenvalue weighted by Gasteiger charge is 1.98. The zero-order valence-electron chi connectivity index (χ0n) is 9.53. The van der Waals surface area contributed by atoms with Crippen molar-refractivity contribution in [3.8, 4) is 0 Å². The predicted octanol–water partition coefficient (Wildman–Crippen LogP) is 1.42. The number of hydrogen-bond donors (Lipinski definition) is 2. The lowest BCUT2D eigenvalue weighted by molar-refractivity contribution is 0.316. The Morgan fingerprint density at radius 2 is 2.07 bits per heavy atom. The van der Waals surface area contributed by atoms with Crippen LogP contribution in [0.15, 0.2) is 18.3 Å². The van der Waals surface area contributed by atoms with Gasteiger partial charge in [0, 0.05) is 13.1 Å². The van der Waals surface area contributed by atoms with Crippen LogP contribution in [0.2, 0.25) is 0 Å². The minimum atomic E-state index is 0.698. The summed E-state index contributed by atoms with van der Waals surface area (Å²) >= 11 is 0. The quantitative estimate of drug-likeness (QED) is 0.742. The van der Waals surface area contributed by atoms with Gasteiger partial charge in [-0.1, -0.05) is 13.8 Å². The minimum absolute atomic E-state index is 0.698. The Morgan fingerprint density at radius 1 is 1.33 bits per heavy atom. The average molecular weight is 208 g/mol. The Kier molecular flexibility index (Phi) is 4.90. The average Bonchev–Trinajstić information content (AvgIpc) is 2.27. The second-order valence-electron chi connectivity index (χ2n) is 3.43. The second kappa shape index (κ2) is 6.24. The molecule has 0 saturated heterocycles. The lowest BCUT2D eigenvalue weighted by atomic mass is 10.4. The molecule has 1 heterocycles. The van der Waals surface area contributed by atoms with Gasteiger partial charge in [0.2, 0.25) is 0 Å². The normalized spacial score (nSPS) is 10.6. The van der Waals surface area contributed by atoms with Gasteiger partial charge in [-0.2, -0.15) is 0 Å². The van der Waals surface area contributed by atoms with E-state index >= 15 is 0 Å². The molecule has 15 heavy (non-hydrogen) atoms. The number of aromatic nitrogens is 1. The third kappa shape index (κ3) is 4.16. The first-order valence-electron chi connectivity index (χ1n) is 5.44. The lowest BCUT2D eigenvalue weighted by Gasteiger charge is -2.18. The molecule has 0 fully saturated rings. The molecule has 4 nitrogen and oxygen atoms in total. The van der Waals surface area contributed by atoms with Gasteiger partial charge in [0.05, 0.1) is 11.9 Å². The first-order chi connectivity index (χ1) is 7.26. The van der Waals surface area contributed by atoms with Crippen LogP contribution in [0.4, 0.5) is 11.5 Å². The highest BCUT2D eigenvalue weighted by Crippen LogP contribution is 2.05. The van der Waals surface area contributed by atoms with Crippen LogP contribution in [0.3, 0.4) is 0 Å². The summed E-state index contributed by atoms with van der Waals surface area (Å²) in [5.74, 6) is 0.886. The van der Waals surface area contributed by atoms with E-state index in [2.05, 4.69) is 29.0 Å². The Morgan fingerprint density at radius 3 is 2.60 bits per heavy atom. The molecule has 1 aromatic heterocycles. The molecule has 0 saturated carbocycles. The maximum Gasteiger partial charge on any atom is 0.126 e. The number of hydrogen-bond acceptors (Lipinski definition) is 4. The van der Waals surface area contributed by atoms with Gasteiger partial charge in [-0.3, -0.25) is 0 Å². The highest BCUT2D eigenvalue weighted by molar-refractivity contribution is 5.43. The zero-order chi connectivity index (χ0) is 11.1. The van der Waals surface area contributed by atoms with Crippen LogP contribution in [0.1, 0.15) is 13.8 Å². The number of nitrogens with two attached hydrogens (primary N) is 1. The summed E-state index contributed by atoms with van der Waals surface area (Å²) in [4.78, 5) is 6.54. The van der Waals surface area contributed by atoms with Crippen molar-refractivity contribution >= 4 is 11.5 Å². The molecule has 0 bridgehead atoms. The van der Waals surface area contributed by atoms with Crippen molar-refractivity contribution in [1.82, 2.24) is 9.88 Å². The third-order valence-electron chi connectivity index (χ3n) is 2.41. The molecular weight excluding hydrogens is 188 g/mol. The van der Waals surface area contributed by atoms with E-state index in [1.807, 2.05) is 12.1 Å². The topological polar surface area (TPSA) is 54.2 Å². The Balaban J connectivity index is 2.28. The van der Waals surface area contributed by atoms with Crippen molar-refractivity contribution in [3.63, 3.8) is 0 Å². The first-order valence-corrected chi connectivity index (χ1v) is 5.44. The molecule has 0 aliphatic carbocycles. The molecule has 4 heteroatoms. The van der Waals surface area contributed by atoms with Crippen LogP contribution in [0, 0.1) is 0 Å². The van der Waals surface area contributed by atoms with Crippen LogP contribution in [-0.2, 0) is 0 Å². The first kappa shape index (κ1) is 11.8. The fraction of sp³-hybridized carbons (Fsp3) is 0.545. The van der Waals surface area contributed by atoms with Crippen LogP contribution < -0.4 is 11.1 Å². The summed E-state index contributed by atoms with van der Waals surface area (Å²) in [5, 5.41) is 3.26. The number of nitrogens with zero attached hydrogens (tertiary/aromatic N) is 2. The summed E-state index contributed by atoms with van der Waals surface area (Å²) in [6.07, 6.45) is 1.67.